The number of hydrogen-bond acceptors (Lipinski definition) is 7. The summed E-state index contributed by atoms with van der Waals surface area (Å²) in [5.74, 6) is -0.894. The molecule has 0 atom stereocenters. The van der Waals surface area contributed by atoms with E-state index in [0.717, 1.165) is 36.4 Å². The Bertz CT molecular complexity index is 1400. The molecule has 0 aliphatic carbocycles. The van der Waals surface area contributed by atoms with Gasteiger partial charge in [0.25, 0.3) is 5.91 Å². The highest BCUT2D eigenvalue weighted by Crippen LogP contribution is 2.38. The lowest BCUT2D eigenvalue weighted by Gasteiger charge is -2.27. The normalized spacial score (nSPS) is 13.7. The lowest BCUT2D eigenvalue weighted by atomic mass is 10.0. The second kappa shape index (κ2) is 12.9. The van der Waals surface area contributed by atoms with Gasteiger partial charge in [0.15, 0.2) is 0 Å². The Morgan fingerprint density at radius 1 is 1.08 bits per heavy atom. The summed E-state index contributed by atoms with van der Waals surface area (Å²) in [5.41, 5.74) is 2.84. The van der Waals surface area contributed by atoms with E-state index >= 15 is 0 Å². The smallest absolute Gasteiger partial charge is 0.341 e. The zero-order valence-corrected chi connectivity index (χ0v) is 24.2. The third kappa shape index (κ3) is 6.58. The number of carbonyl (C=O) groups is 2. The van der Waals surface area contributed by atoms with E-state index in [4.69, 9.17) is 4.74 Å². The Hall–Kier alpha value is -3.05. The van der Waals surface area contributed by atoms with Crippen LogP contribution in [0.2, 0.25) is 0 Å². The minimum Gasteiger partial charge on any atom is -0.465 e. The van der Waals surface area contributed by atoms with Crippen molar-refractivity contribution in [2.75, 3.05) is 32.1 Å². The van der Waals surface area contributed by atoms with E-state index in [2.05, 4.69) is 22.3 Å². The molecule has 10 heteroatoms. The molecule has 4 rings (SSSR count). The van der Waals surface area contributed by atoms with E-state index < -0.39 is 21.9 Å². The Kier molecular flexibility index (Phi) is 9.55. The van der Waals surface area contributed by atoms with Crippen LogP contribution >= 0.6 is 11.3 Å². The van der Waals surface area contributed by atoms with E-state index in [-0.39, 0.29) is 4.90 Å². The summed E-state index contributed by atoms with van der Waals surface area (Å²) in [6, 6.07) is 16.1. The molecule has 39 heavy (non-hydrogen) atoms. The molecular weight excluding hydrogens is 534 g/mol. The second-order valence-electron chi connectivity index (χ2n) is 9.47. The first-order valence-electron chi connectivity index (χ1n) is 13.2. The maximum atomic E-state index is 13.2. The maximum Gasteiger partial charge on any atom is 0.341 e. The average Bonchev–Trinajstić information content (AvgIpc) is 3.30. The summed E-state index contributed by atoms with van der Waals surface area (Å²) in [4.78, 5) is 29.4. The minimum absolute atomic E-state index is 0.150. The van der Waals surface area contributed by atoms with Crippen LogP contribution in [0.15, 0.2) is 59.5 Å². The van der Waals surface area contributed by atoms with Crippen LogP contribution in [-0.4, -0.2) is 56.2 Å². The standard InChI is InChI=1S/C29H35N3O5S2/c1-4-6-17-32(5-2)39(35,36)23-14-12-22(13-15-23)27(33)30-28-26(29(34)37-3)24-16-18-31(20-25(24)38-28)19-21-10-8-7-9-11-21/h7-15H,4-6,16-20H2,1-3H3,(H,30,33). The number of sulfonamides is 1. The molecule has 2 heterocycles. The molecule has 1 aromatic heterocycles. The minimum atomic E-state index is -3.64. The number of nitrogens with zero attached hydrogens (tertiary/aromatic N) is 2. The number of esters is 1. The fourth-order valence-corrected chi connectivity index (χ4v) is 7.49. The van der Waals surface area contributed by atoms with Crippen molar-refractivity contribution in [3.63, 3.8) is 0 Å². The number of fused-ring (bicyclic) bond motifs is 1. The molecule has 8 nitrogen and oxygen atoms in total. The highest BCUT2D eigenvalue weighted by atomic mass is 32.2. The van der Waals surface area contributed by atoms with Gasteiger partial charge in [-0.25, -0.2) is 13.2 Å². The van der Waals surface area contributed by atoms with Gasteiger partial charge in [-0.15, -0.1) is 11.3 Å². The van der Waals surface area contributed by atoms with Gasteiger partial charge in [-0.1, -0.05) is 50.6 Å². The highest BCUT2D eigenvalue weighted by Gasteiger charge is 2.30. The molecule has 0 spiro atoms. The zero-order valence-electron chi connectivity index (χ0n) is 22.6. The summed E-state index contributed by atoms with van der Waals surface area (Å²) >= 11 is 1.39. The number of amides is 1. The van der Waals surface area contributed by atoms with Crippen molar-refractivity contribution in [3.8, 4) is 0 Å². The van der Waals surface area contributed by atoms with Gasteiger partial charge in [0.1, 0.15) is 5.00 Å². The van der Waals surface area contributed by atoms with E-state index in [1.54, 1.807) is 0 Å². The number of anilines is 1. The molecule has 1 amide bonds. The monoisotopic (exact) mass is 569 g/mol. The van der Waals surface area contributed by atoms with Crippen LogP contribution in [-0.2, 0) is 34.3 Å². The molecule has 0 radical (unpaired) electrons. The lowest BCUT2D eigenvalue weighted by molar-refractivity contribution is 0.0600. The number of nitrogens with one attached hydrogen (secondary N) is 1. The fraction of sp³-hybridized carbons (Fsp3) is 0.379. The topological polar surface area (TPSA) is 96.0 Å². The Morgan fingerprint density at radius 2 is 1.79 bits per heavy atom. The molecule has 0 fully saturated rings. The summed E-state index contributed by atoms with van der Waals surface area (Å²) in [5, 5.41) is 3.33. The first-order chi connectivity index (χ1) is 18.8. The third-order valence-electron chi connectivity index (χ3n) is 6.87. The van der Waals surface area contributed by atoms with Crippen molar-refractivity contribution in [2.45, 2.75) is 51.1 Å². The van der Waals surface area contributed by atoms with Crippen molar-refractivity contribution >= 4 is 38.2 Å². The quantitative estimate of drug-likeness (QED) is 0.321. The van der Waals surface area contributed by atoms with Gasteiger partial charge in [-0.05, 0) is 48.2 Å². The largest absolute Gasteiger partial charge is 0.465 e. The summed E-state index contributed by atoms with van der Waals surface area (Å²) in [6.45, 7) is 6.94. The number of benzene rings is 2. The number of unbranched alkanes of at least 4 members (excludes halogenated alkanes) is 1. The van der Waals surface area contributed by atoms with Crippen LogP contribution in [0, 0.1) is 0 Å². The van der Waals surface area contributed by atoms with E-state index in [1.807, 2.05) is 32.0 Å². The van der Waals surface area contributed by atoms with Gasteiger partial charge in [-0.2, -0.15) is 4.31 Å². The molecule has 208 valence electrons. The number of hydrogen-bond donors (Lipinski definition) is 1. The van der Waals surface area contributed by atoms with Crippen LogP contribution in [0.3, 0.4) is 0 Å². The van der Waals surface area contributed by atoms with Gasteiger partial charge >= 0.3 is 5.97 Å². The van der Waals surface area contributed by atoms with Gasteiger partial charge in [0.05, 0.1) is 17.6 Å². The van der Waals surface area contributed by atoms with Crippen LogP contribution in [0.5, 0.6) is 0 Å². The zero-order chi connectivity index (χ0) is 28.0. The van der Waals surface area contributed by atoms with Crippen LogP contribution in [0.1, 0.15) is 63.4 Å². The molecule has 3 aromatic rings. The highest BCUT2D eigenvalue weighted by molar-refractivity contribution is 7.89. The Morgan fingerprint density at radius 3 is 2.44 bits per heavy atom. The average molecular weight is 570 g/mol. The van der Waals surface area contributed by atoms with Crippen molar-refractivity contribution in [2.24, 2.45) is 0 Å². The van der Waals surface area contributed by atoms with Crippen LogP contribution in [0.25, 0.3) is 0 Å². The predicted octanol–water partition coefficient (Wildman–Crippen LogP) is 5.16. The van der Waals surface area contributed by atoms with Gasteiger partial charge in [0.2, 0.25) is 10.0 Å². The SMILES string of the molecule is CCCCN(CC)S(=O)(=O)c1ccc(C(=O)Nc2sc3c(c2C(=O)OC)CCN(Cc2ccccc2)C3)cc1. The van der Waals surface area contributed by atoms with Crippen molar-refractivity contribution in [1.82, 2.24) is 9.21 Å². The molecule has 1 N–H and O–H groups in total. The molecule has 0 unspecified atom stereocenters. The first-order valence-corrected chi connectivity index (χ1v) is 15.4. The fourth-order valence-electron chi connectivity index (χ4n) is 4.72. The van der Waals surface area contributed by atoms with Crippen molar-refractivity contribution in [3.05, 3.63) is 81.7 Å². The van der Waals surface area contributed by atoms with Gasteiger partial charge in [0, 0.05) is 43.2 Å². The number of rotatable bonds is 11. The van der Waals surface area contributed by atoms with Crippen molar-refractivity contribution < 1.29 is 22.7 Å². The molecular formula is C29H35N3O5S2. The molecule has 1 aliphatic rings. The number of carbonyl (C=O) groups excluding carboxylic acids is 2. The molecule has 0 saturated heterocycles. The number of ether oxygens (including phenoxy) is 1. The van der Waals surface area contributed by atoms with E-state index in [0.29, 0.717) is 42.2 Å². The first kappa shape index (κ1) is 28.9. The van der Waals surface area contributed by atoms with Gasteiger partial charge < -0.3 is 10.1 Å². The lowest BCUT2D eigenvalue weighted by Crippen LogP contribution is -2.31. The number of thiophene rings is 1. The van der Waals surface area contributed by atoms with E-state index in [1.165, 1.54) is 52.6 Å². The summed E-state index contributed by atoms with van der Waals surface area (Å²) in [6.07, 6.45) is 2.36. The van der Waals surface area contributed by atoms with Crippen LogP contribution < -0.4 is 5.32 Å². The van der Waals surface area contributed by atoms with E-state index in [9.17, 15) is 18.0 Å². The van der Waals surface area contributed by atoms with Crippen LogP contribution in [0.4, 0.5) is 5.00 Å². The molecule has 2 aromatic carbocycles. The van der Waals surface area contributed by atoms with Gasteiger partial charge in [-0.3, -0.25) is 9.69 Å². The summed E-state index contributed by atoms with van der Waals surface area (Å²) < 4.78 is 32.5. The molecule has 0 saturated carbocycles. The second-order valence-corrected chi connectivity index (χ2v) is 12.5. The maximum absolute atomic E-state index is 13.2. The molecule has 0 bridgehead atoms. The Balaban J connectivity index is 1.52. The predicted molar refractivity (Wildman–Crippen MR) is 154 cm³/mol. The number of methoxy groups -OCH3 is 1. The molecule has 1 aliphatic heterocycles. The third-order valence-corrected chi connectivity index (χ3v) is 9.99. The summed E-state index contributed by atoms with van der Waals surface area (Å²) in [7, 11) is -2.30. The van der Waals surface area contributed by atoms with Crippen molar-refractivity contribution in [1.29, 1.82) is 0 Å². The Labute approximate surface area is 234 Å².